The molecule has 1 saturated heterocycles. The second-order valence-corrected chi connectivity index (χ2v) is 9.38. The van der Waals surface area contributed by atoms with Gasteiger partial charge in [0.15, 0.2) is 23.3 Å². The van der Waals surface area contributed by atoms with E-state index in [4.69, 9.17) is 4.74 Å². The van der Waals surface area contributed by atoms with E-state index in [0.29, 0.717) is 5.69 Å². The van der Waals surface area contributed by atoms with E-state index in [1.807, 2.05) is 24.3 Å². The molecule has 206 valence electrons. The smallest absolute Gasteiger partial charge is 0.194 e. The number of hydrogen-bond donors (Lipinski definition) is 3. The number of pyridine rings is 1. The molecule has 0 spiro atoms. The number of benzene rings is 2. The van der Waals surface area contributed by atoms with E-state index >= 15 is 0 Å². The Balaban J connectivity index is 1.37. The van der Waals surface area contributed by atoms with Gasteiger partial charge in [-0.2, -0.15) is 0 Å². The average Bonchev–Trinajstić information content (AvgIpc) is 3.64. The van der Waals surface area contributed by atoms with Gasteiger partial charge >= 0.3 is 0 Å². The molecule has 0 unspecified atom stereocenters. The Labute approximate surface area is 224 Å². The molecule has 0 saturated carbocycles. The minimum Gasteiger partial charge on any atom is -0.396 e. The first kappa shape index (κ1) is 26.0. The number of aromatic nitrogens is 7. The van der Waals surface area contributed by atoms with Gasteiger partial charge in [-0.15, -0.1) is 15.3 Å². The molecule has 3 N–H and O–H groups in total. The van der Waals surface area contributed by atoms with Crippen molar-refractivity contribution in [2.45, 2.75) is 36.9 Å². The first-order valence-corrected chi connectivity index (χ1v) is 12.3. The summed E-state index contributed by atoms with van der Waals surface area (Å²) in [6.45, 7) is -0.321. The zero-order valence-corrected chi connectivity index (χ0v) is 20.6. The molecule has 5 atom stereocenters. The lowest BCUT2D eigenvalue weighted by molar-refractivity contribution is -0.205. The van der Waals surface area contributed by atoms with Crippen molar-refractivity contribution in [3.63, 3.8) is 0 Å². The second kappa shape index (κ2) is 10.4. The lowest BCUT2D eigenvalue weighted by Crippen LogP contribution is -2.52. The van der Waals surface area contributed by atoms with Crippen LogP contribution in [0.1, 0.15) is 24.4 Å². The maximum atomic E-state index is 13.8. The zero-order chi connectivity index (χ0) is 28.0. The largest absolute Gasteiger partial charge is 0.396 e. The van der Waals surface area contributed by atoms with Crippen molar-refractivity contribution in [1.29, 1.82) is 0 Å². The van der Waals surface area contributed by atoms with Gasteiger partial charge in [0.25, 0.3) is 0 Å². The number of ether oxygens (including phenoxy) is 1. The molecule has 11 nitrogen and oxygen atoms in total. The van der Waals surface area contributed by atoms with Crippen LogP contribution in [0.2, 0.25) is 0 Å². The summed E-state index contributed by atoms with van der Waals surface area (Å²) < 4.78 is 49.9. The van der Waals surface area contributed by atoms with E-state index in [2.05, 4.69) is 25.5 Å². The Morgan fingerprint density at radius 2 is 1.75 bits per heavy atom. The Bertz CT molecular complexity index is 1660. The number of aliphatic hydroxyl groups excluding tert-OH is 3. The first-order valence-electron chi connectivity index (χ1n) is 12.3. The van der Waals surface area contributed by atoms with Crippen molar-refractivity contribution in [2.75, 3.05) is 6.61 Å². The Kier molecular flexibility index (Phi) is 6.75. The fraction of sp³-hybridized carbons (Fsp3) is 0.269. The van der Waals surface area contributed by atoms with Gasteiger partial charge in [-0.05, 0) is 42.1 Å². The van der Waals surface area contributed by atoms with E-state index in [-0.39, 0.29) is 30.1 Å². The normalized spacial score (nSPS) is 23.1. The van der Waals surface area contributed by atoms with Gasteiger partial charge in [0, 0.05) is 35.6 Å². The molecule has 6 rings (SSSR count). The van der Waals surface area contributed by atoms with Gasteiger partial charge < -0.3 is 20.1 Å². The van der Waals surface area contributed by atoms with Gasteiger partial charge in [-0.3, -0.25) is 9.55 Å². The summed E-state index contributed by atoms with van der Waals surface area (Å²) >= 11 is 0. The molecule has 4 heterocycles. The molecular formula is C26H22F3N7O4. The summed E-state index contributed by atoms with van der Waals surface area (Å²) in [7, 11) is 0. The summed E-state index contributed by atoms with van der Waals surface area (Å²) in [4.78, 5) is 4.15. The molecule has 0 radical (unpaired) electrons. The summed E-state index contributed by atoms with van der Waals surface area (Å²) in [5.41, 5.74) is 0.556. The minimum atomic E-state index is -1.62. The number of aliphatic hydroxyl groups is 3. The van der Waals surface area contributed by atoms with Crippen LogP contribution >= 0.6 is 0 Å². The molecular weight excluding hydrogens is 531 g/mol. The number of hydrogen-bond acceptors (Lipinski definition) is 9. The standard InChI is InChI=1S/C26H22F3N7O4/c27-17-8-14(9-18(28)21(17)29)19-11-36(34-32-19)22-23(38)20(4-6-37)40-25(24(22)39)26-33-31-12-35(26)16-2-1-13-3-5-30-10-15(13)7-16/h1-3,5,7-12,20,22-25,37-39H,4,6H2/t20-,22+,23+,24-,25-/m1/s1. The highest BCUT2D eigenvalue weighted by Crippen LogP contribution is 2.39. The summed E-state index contributed by atoms with van der Waals surface area (Å²) in [5, 5.41) is 50.0. The van der Waals surface area contributed by atoms with Crippen molar-refractivity contribution < 1.29 is 33.2 Å². The van der Waals surface area contributed by atoms with Gasteiger partial charge in [0.05, 0.1) is 12.3 Å². The third-order valence-corrected chi connectivity index (χ3v) is 6.95. The summed E-state index contributed by atoms with van der Waals surface area (Å²) in [6.07, 6.45) is 1.23. The van der Waals surface area contributed by atoms with Crippen LogP contribution in [-0.4, -0.2) is 75.0 Å². The second-order valence-electron chi connectivity index (χ2n) is 9.38. The highest BCUT2D eigenvalue weighted by atomic mass is 19.2. The van der Waals surface area contributed by atoms with Crippen LogP contribution in [0, 0.1) is 17.5 Å². The predicted octanol–water partition coefficient (Wildman–Crippen LogP) is 2.28. The minimum absolute atomic E-state index is 0.0204. The molecule has 40 heavy (non-hydrogen) atoms. The highest BCUT2D eigenvalue weighted by Gasteiger charge is 2.48. The Hall–Kier alpha value is -4.24. The lowest BCUT2D eigenvalue weighted by Gasteiger charge is -2.42. The molecule has 1 aliphatic rings. The van der Waals surface area contributed by atoms with Gasteiger partial charge in [-0.1, -0.05) is 11.3 Å². The van der Waals surface area contributed by atoms with Crippen LogP contribution in [0.15, 0.2) is 61.3 Å². The Morgan fingerprint density at radius 3 is 2.52 bits per heavy atom. The Morgan fingerprint density at radius 1 is 0.950 bits per heavy atom. The van der Waals surface area contributed by atoms with Crippen molar-refractivity contribution in [1.82, 2.24) is 34.7 Å². The third-order valence-electron chi connectivity index (χ3n) is 6.95. The monoisotopic (exact) mass is 553 g/mol. The lowest BCUT2D eigenvalue weighted by atomic mass is 9.90. The van der Waals surface area contributed by atoms with E-state index in [1.165, 1.54) is 12.5 Å². The van der Waals surface area contributed by atoms with Crippen LogP contribution in [-0.2, 0) is 4.74 Å². The fourth-order valence-electron chi connectivity index (χ4n) is 4.96. The topological polar surface area (TPSA) is 144 Å². The first-order chi connectivity index (χ1) is 19.4. The molecule has 0 amide bonds. The van der Waals surface area contributed by atoms with Gasteiger partial charge in [-0.25, -0.2) is 17.9 Å². The number of nitrogens with zero attached hydrogens (tertiary/aromatic N) is 7. The van der Waals surface area contributed by atoms with Crippen LogP contribution < -0.4 is 0 Å². The van der Waals surface area contributed by atoms with E-state index in [1.54, 1.807) is 17.0 Å². The third kappa shape index (κ3) is 4.50. The molecule has 14 heteroatoms. The molecule has 1 aliphatic heterocycles. The highest BCUT2D eigenvalue weighted by molar-refractivity contribution is 5.83. The average molecular weight is 554 g/mol. The van der Waals surface area contributed by atoms with Crippen molar-refractivity contribution in [3.8, 4) is 16.9 Å². The molecule has 0 bridgehead atoms. The SMILES string of the molecule is OCC[C@H]1O[C@@H](c2nncn2-c2ccc3ccncc3c2)[C@H](O)[C@@H](n2cc(-c3cc(F)c(F)c(F)c3)nn2)[C@H]1O. The van der Waals surface area contributed by atoms with E-state index in [9.17, 15) is 28.5 Å². The maximum Gasteiger partial charge on any atom is 0.194 e. The number of rotatable bonds is 6. The molecule has 1 fully saturated rings. The van der Waals surface area contributed by atoms with E-state index in [0.717, 1.165) is 27.6 Å². The van der Waals surface area contributed by atoms with Gasteiger partial charge in [0.2, 0.25) is 0 Å². The maximum absolute atomic E-state index is 13.8. The zero-order valence-electron chi connectivity index (χ0n) is 20.6. The van der Waals surface area contributed by atoms with Gasteiger partial charge in [0.1, 0.15) is 36.4 Å². The molecule has 0 aliphatic carbocycles. The molecule has 5 aromatic rings. The molecule has 3 aromatic heterocycles. The van der Waals surface area contributed by atoms with Crippen LogP contribution in [0.3, 0.4) is 0 Å². The number of halogens is 3. The van der Waals surface area contributed by atoms with Crippen molar-refractivity contribution >= 4 is 10.8 Å². The quantitative estimate of drug-likeness (QED) is 0.270. The number of fused-ring (bicyclic) bond motifs is 1. The fourth-order valence-corrected chi connectivity index (χ4v) is 4.96. The van der Waals surface area contributed by atoms with Crippen LogP contribution in [0.25, 0.3) is 27.7 Å². The van der Waals surface area contributed by atoms with E-state index < -0.39 is 47.9 Å². The summed E-state index contributed by atoms with van der Waals surface area (Å²) in [5.74, 6) is -4.20. The van der Waals surface area contributed by atoms with Crippen LogP contribution in [0.4, 0.5) is 13.2 Å². The van der Waals surface area contributed by atoms with Crippen molar-refractivity contribution in [3.05, 3.63) is 84.6 Å². The van der Waals surface area contributed by atoms with Crippen LogP contribution in [0.5, 0.6) is 0 Å². The molecule has 2 aromatic carbocycles. The summed E-state index contributed by atoms with van der Waals surface area (Å²) in [6, 6.07) is 7.84. The predicted molar refractivity (Wildman–Crippen MR) is 132 cm³/mol. The van der Waals surface area contributed by atoms with Crippen molar-refractivity contribution in [2.24, 2.45) is 0 Å².